The first-order valence-corrected chi connectivity index (χ1v) is 4.60. The van der Waals surface area contributed by atoms with Crippen molar-refractivity contribution in [3.63, 3.8) is 0 Å². The van der Waals surface area contributed by atoms with Gasteiger partial charge in [0.1, 0.15) is 0 Å². The molecule has 0 N–H and O–H groups in total. The van der Waals surface area contributed by atoms with Gasteiger partial charge in [-0.25, -0.2) is 0 Å². The molecule has 0 heterocycles. The van der Waals surface area contributed by atoms with E-state index in [0.29, 0.717) is 0 Å². The van der Waals surface area contributed by atoms with E-state index in [9.17, 15) is 0 Å². The summed E-state index contributed by atoms with van der Waals surface area (Å²) in [7, 11) is 0. The fourth-order valence-corrected chi connectivity index (χ4v) is 1.58. The van der Waals surface area contributed by atoms with Crippen LogP contribution in [0.5, 0.6) is 0 Å². The first-order valence-electron chi connectivity index (χ1n) is 2.80. The van der Waals surface area contributed by atoms with Crippen LogP contribution in [0.1, 0.15) is 20.3 Å². The van der Waals surface area contributed by atoms with Gasteiger partial charge >= 0.3 is 65.2 Å². The van der Waals surface area contributed by atoms with E-state index in [4.69, 9.17) is 0 Å². The monoisotopic (exact) mass is 273 g/mol. The summed E-state index contributed by atoms with van der Waals surface area (Å²) in [6.45, 7) is 4.44. The van der Waals surface area contributed by atoms with Gasteiger partial charge in [-0.2, -0.15) is 0 Å². The quantitative estimate of drug-likeness (QED) is 0.592. The first-order chi connectivity index (χ1) is 3.72. The van der Waals surface area contributed by atoms with Crippen LogP contribution in [0.3, 0.4) is 0 Å². The molecular weight excluding hydrogens is 263 g/mol. The molecule has 0 radical (unpaired) electrons. The number of allylic oxidation sites excluding steroid dienone is 4. The number of rotatable bonds is 0. The van der Waals surface area contributed by atoms with Crippen LogP contribution in [0.4, 0.5) is 0 Å². The Hall–Kier alpha value is 0.350. The van der Waals surface area contributed by atoms with Crippen LogP contribution in [-0.4, -0.2) is 0 Å². The van der Waals surface area contributed by atoms with Crippen molar-refractivity contribution in [2.75, 3.05) is 0 Å². The zero-order valence-electron chi connectivity index (χ0n) is 5.28. The van der Waals surface area contributed by atoms with Crippen LogP contribution in [0.25, 0.3) is 0 Å². The van der Waals surface area contributed by atoms with Crippen molar-refractivity contribution in [2.45, 2.75) is 20.3 Å². The third kappa shape index (κ3) is 1.02. The molecule has 0 nitrogen and oxygen atoms in total. The molecule has 0 bridgehead atoms. The maximum absolute atomic E-state index is 2.32. The topological polar surface area (TPSA) is 0 Å². The average Bonchev–Trinajstić information content (AvgIpc) is 1.98. The molecule has 0 saturated carbocycles. The zero-order valence-corrected chi connectivity index (χ0v) is 8.88. The molecule has 1 aliphatic carbocycles. The molecule has 1 heteroatoms. The van der Waals surface area contributed by atoms with Crippen LogP contribution < -0.4 is 0 Å². The Balaban J connectivity index is 2.88. The molecule has 0 amide bonds. The van der Waals surface area contributed by atoms with Crippen LogP contribution in [0.2, 0.25) is 0 Å². The molecule has 1 rings (SSSR count). The van der Waals surface area contributed by atoms with E-state index in [1.54, 1.807) is 8.90 Å². The van der Waals surface area contributed by atoms with Gasteiger partial charge in [-0.3, -0.25) is 0 Å². The predicted molar refractivity (Wildman–Crippen MR) is 31.1 cm³/mol. The average molecular weight is 272 g/mol. The van der Waals surface area contributed by atoms with Gasteiger partial charge in [-0.1, -0.05) is 0 Å². The predicted octanol–water partition coefficient (Wildman–Crippen LogP) is 2.16. The molecule has 0 aliphatic heterocycles. The fraction of sp³-hybridized carbons (Fsp3) is 0.429. The van der Waals surface area contributed by atoms with Gasteiger partial charge in [0, 0.05) is 0 Å². The number of hydrogen-bond acceptors (Lipinski definition) is 0. The second-order valence-corrected chi connectivity index (χ2v) is 4.04. The van der Waals surface area contributed by atoms with Crippen molar-refractivity contribution < 1.29 is 24.4 Å². The number of hydrogen-bond donors (Lipinski definition) is 0. The molecule has 0 unspecified atom stereocenters. The second-order valence-electron chi connectivity index (χ2n) is 2.25. The van der Waals surface area contributed by atoms with Crippen LogP contribution in [0, 0.1) is 0 Å². The SMILES string of the molecule is CC1=CCC(C)=[C]1[Hf]. The van der Waals surface area contributed by atoms with Crippen molar-refractivity contribution >= 4 is 0 Å². The van der Waals surface area contributed by atoms with Gasteiger partial charge in [0.15, 0.2) is 0 Å². The van der Waals surface area contributed by atoms with Gasteiger partial charge in [0.2, 0.25) is 0 Å². The molecule has 0 aromatic rings. The summed E-state index contributed by atoms with van der Waals surface area (Å²) in [5, 5.41) is 0. The van der Waals surface area contributed by atoms with Crippen molar-refractivity contribution in [1.82, 2.24) is 0 Å². The van der Waals surface area contributed by atoms with Gasteiger partial charge in [0.05, 0.1) is 0 Å². The second kappa shape index (κ2) is 2.30. The molecule has 8 heavy (non-hydrogen) atoms. The normalized spacial score (nSPS) is 19.4. The van der Waals surface area contributed by atoms with Gasteiger partial charge in [-0.05, 0) is 0 Å². The van der Waals surface area contributed by atoms with E-state index in [1.807, 2.05) is 0 Å². The first kappa shape index (κ1) is 6.47. The summed E-state index contributed by atoms with van der Waals surface area (Å²) in [5.74, 6) is 0. The van der Waals surface area contributed by atoms with Crippen molar-refractivity contribution in [3.05, 3.63) is 20.6 Å². The van der Waals surface area contributed by atoms with Crippen LogP contribution in [0.15, 0.2) is 20.6 Å². The molecule has 0 spiro atoms. The minimum absolute atomic E-state index is 1.21. The van der Waals surface area contributed by atoms with Gasteiger partial charge < -0.3 is 0 Å². The van der Waals surface area contributed by atoms with E-state index in [2.05, 4.69) is 19.9 Å². The molecule has 0 aromatic heterocycles. The summed E-state index contributed by atoms with van der Waals surface area (Å²) in [4.78, 5) is 0. The molecule has 0 aromatic carbocycles. The van der Waals surface area contributed by atoms with Crippen molar-refractivity contribution in [1.29, 1.82) is 0 Å². The molecule has 0 fully saturated rings. The van der Waals surface area contributed by atoms with E-state index < -0.39 is 0 Å². The van der Waals surface area contributed by atoms with E-state index in [1.165, 1.54) is 36.4 Å². The van der Waals surface area contributed by atoms with Crippen molar-refractivity contribution in [2.24, 2.45) is 0 Å². The Morgan fingerprint density at radius 1 is 1.50 bits per heavy atom. The van der Waals surface area contributed by atoms with Crippen LogP contribution >= 0.6 is 0 Å². The van der Waals surface area contributed by atoms with Crippen molar-refractivity contribution in [3.8, 4) is 0 Å². The van der Waals surface area contributed by atoms with Gasteiger partial charge in [0.25, 0.3) is 0 Å². The van der Waals surface area contributed by atoms with E-state index >= 15 is 0 Å². The Morgan fingerprint density at radius 3 is 2.25 bits per heavy atom. The molecule has 0 atom stereocenters. The summed E-state index contributed by atoms with van der Waals surface area (Å²) in [6.07, 6.45) is 3.53. The minimum atomic E-state index is 1.21. The maximum atomic E-state index is 2.32. The summed E-state index contributed by atoms with van der Waals surface area (Å²) in [5.41, 5.74) is 3.11. The van der Waals surface area contributed by atoms with Crippen LogP contribution in [-0.2, 0) is 24.4 Å². The third-order valence-corrected chi connectivity index (χ3v) is 4.49. The summed E-state index contributed by atoms with van der Waals surface area (Å²) >= 11 is 1.23. The fourth-order valence-electron chi connectivity index (χ4n) is 0.847. The Bertz CT molecular complexity index is 158. The third-order valence-electron chi connectivity index (χ3n) is 1.54. The molecule has 0 saturated heterocycles. The van der Waals surface area contributed by atoms with E-state index in [0.717, 1.165) is 0 Å². The van der Waals surface area contributed by atoms with E-state index in [-0.39, 0.29) is 0 Å². The Kier molecular flexibility index (Phi) is 1.86. The zero-order chi connectivity index (χ0) is 6.15. The molecule has 41 valence electrons. The Labute approximate surface area is 65.2 Å². The molecule has 1 aliphatic rings. The summed E-state index contributed by atoms with van der Waals surface area (Å²) in [6, 6.07) is 0. The molecular formula is C7H9Hf. The van der Waals surface area contributed by atoms with Gasteiger partial charge in [-0.15, -0.1) is 0 Å². The Morgan fingerprint density at radius 2 is 2.12 bits per heavy atom. The standard InChI is InChI=1S/C7H9.Hf/c1-6-3-4-7(2)5-6;/h3H,4H2,1-2H3;. The summed E-state index contributed by atoms with van der Waals surface area (Å²) < 4.78 is 1.63.